The molecule has 0 fully saturated rings. The minimum Gasteiger partial charge on any atom is -0.492 e. The zero-order valence-corrected chi connectivity index (χ0v) is 17.7. The molecule has 0 saturated carbocycles. The number of carbonyl (C=O) groups is 3. The number of hydrogen-bond donors (Lipinski definition) is 0. The van der Waals surface area contributed by atoms with Crippen LogP contribution in [-0.4, -0.2) is 24.2 Å². The highest BCUT2D eigenvalue weighted by Gasteiger charge is 2.38. The van der Waals surface area contributed by atoms with E-state index in [-0.39, 0.29) is 11.7 Å². The Kier molecular flexibility index (Phi) is 6.83. The van der Waals surface area contributed by atoms with Crippen molar-refractivity contribution in [2.24, 2.45) is 0 Å². The highest BCUT2D eigenvalue weighted by molar-refractivity contribution is 6.43. The van der Waals surface area contributed by atoms with Crippen molar-refractivity contribution in [2.75, 3.05) is 11.5 Å². The SMILES string of the molecule is CCCCCC(=O)c1ccc2c(c1)C(=C(OCC)c1ccccc1)C(=O)N2C(C)=O. The Bertz CT molecular complexity index is 991. The molecule has 0 saturated heterocycles. The van der Waals surface area contributed by atoms with Gasteiger partial charge in [0.15, 0.2) is 5.78 Å². The van der Waals surface area contributed by atoms with Crippen molar-refractivity contribution in [3.05, 3.63) is 65.2 Å². The lowest BCUT2D eigenvalue weighted by molar-refractivity contribution is -0.122. The van der Waals surface area contributed by atoms with Gasteiger partial charge in [0.05, 0.1) is 17.9 Å². The van der Waals surface area contributed by atoms with Gasteiger partial charge in [0.2, 0.25) is 5.91 Å². The van der Waals surface area contributed by atoms with E-state index in [1.165, 1.54) is 6.92 Å². The third kappa shape index (κ3) is 4.20. The highest BCUT2D eigenvalue weighted by Crippen LogP contribution is 2.42. The van der Waals surface area contributed by atoms with Gasteiger partial charge in [-0.15, -0.1) is 0 Å². The fraction of sp³-hybridized carbons (Fsp3) is 0.320. The molecule has 5 heteroatoms. The molecule has 2 amide bonds. The lowest BCUT2D eigenvalue weighted by Crippen LogP contribution is -2.31. The molecule has 0 atom stereocenters. The summed E-state index contributed by atoms with van der Waals surface area (Å²) < 4.78 is 5.88. The Hall–Kier alpha value is -3.21. The topological polar surface area (TPSA) is 63.7 Å². The average Bonchev–Trinajstić information content (AvgIpc) is 3.03. The summed E-state index contributed by atoms with van der Waals surface area (Å²) >= 11 is 0. The van der Waals surface area contributed by atoms with Crippen LogP contribution >= 0.6 is 0 Å². The van der Waals surface area contributed by atoms with Gasteiger partial charge in [-0.25, -0.2) is 4.90 Å². The van der Waals surface area contributed by atoms with Gasteiger partial charge in [0.25, 0.3) is 5.91 Å². The number of benzene rings is 2. The number of imide groups is 1. The Labute approximate surface area is 177 Å². The molecule has 0 spiro atoms. The average molecular weight is 405 g/mol. The first-order valence-electron chi connectivity index (χ1n) is 10.4. The third-order valence-electron chi connectivity index (χ3n) is 5.12. The number of unbranched alkanes of at least 4 members (excludes halogenated alkanes) is 2. The predicted molar refractivity (Wildman–Crippen MR) is 118 cm³/mol. The molecule has 3 rings (SSSR count). The molecule has 30 heavy (non-hydrogen) atoms. The van der Waals surface area contributed by atoms with Crippen LogP contribution in [0.1, 0.15) is 67.9 Å². The lowest BCUT2D eigenvalue weighted by atomic mass is 9.97. The van der Waals surface area contributed by atoms with Crippen LogP contribution in [-0.2, 0) is 14.3 Å². The fourth-order valence-electron chi connectivity index (χ4n) is 3.69. The smallest absolute Gasteiger partial charge is 0.269 e. The van der Waals surface area contributed by atoms with Crippen molar-refractivity contribution in [2.45, 2.75) is 46.5 Å². The van der Waals surface area contributed by atoms with Gasteiger partial charge in [-0.1, -0.05) is 50.1 Å². The van der Waals surface area contributed by atoms with Gasteiger partial charge >= 0.3 is 0 Å². The molecule has 0 unspecified atom stereocenters. The Morgan fingerprint density at radius 1 is 0.967 bits per heavy atom. The maximum atomic E-state index is 13.3. The van der Waals surface area contributed by atoms with Gasteiger partial charge < -0.3 is 4.74 Å². The van der Waals surface area contributed by atoms with E-state index in [1.54, 1.807) is 18.2 Å². The number of anilines is 1. The summed E-state index contributed by atoms with van der Waals surface area (Å²) in [5.74, 6) is -0.344. The van der Waals surface area contributed by atoms with Crippen LogP contribution in [0.4, 0.5) is 5.69 Å². The second kappa shape index (κ2) is 9.53. The van der Waals surface area contributed by atoms with Gasteiger partial charge in [0, 0.05) is 30.0 Å². The van der Waals surface area contributed by atoms with E-state index in [9.17, 15) is 14.4 Å². The second-order valence-corrected chi connectivity index (χ2v) is 7.27. The van der Waals surface area contributed by atoms with Crippen molar-refractivity contribution < 1.29 is 19.1 Å². The largest absolute Gasteiger partial charge is 0.492 e. The van der Waals surface area contributed by atoms with Gasteiger partial charge in [0.1, 0.15) is 5.76 Å². The van der Waals surface area contributed by atoms with Crippen LogP contribution in [0.2, 0.25) is 0 Å². The number of hydrogen-bond acceptors (Lipinski definition) is 4. The maximum absolute atomic E-state index is 13.3. The number of ketones is 1. The van der Waals surface area contributed by atoms with E-state index < -0.39 is 5.91 Å². The first-order valence-corrected chi connectivity index (χ1v) is 10.4. The van der Waals surface area contributed by atoms with E-state index in [2.05, 4.69) is 6.92 Å². The maximum Gasteiger partial charge on any atom is 0.269 e. The molecule has 0 N–H and O–H groups in total. The van der Waals surface area contributed by atoms with Gasteiger partial charge in [-0.3, -0.25) is 14.4 Å². The van der Waals surface area contributed by atoms with Crippen molar-refractivity contribution in [1.82, 2.24) is 0 Å². The van der Waals surface area contributed by atoms with E-state index in [4.69, 9.17) is 4.74 Å². The van der Waals surface area contributed by atoms with Crippen LogP contribution < -0.4 is 4.90 Å². The summed E-state index contributed by atoms with van der Waals surface area (Å²) in [6, 6.07) is 14.4. The summed E-state index contributed by atoms with van der Waals surface area (Å²) in [5, 5.41) is 0. The molecule has 0 aromatic heterocycles. The monoisotopic (exact) mass is 405 g/mol. The molecule has 1 aliphatic rings. The normalized spacial score (nSPS) is 14.5. The van der Waals surface area contributed by atoms with Crippen LogP contribution in [0.25, 0.3) is 11.3 Å². The molecule has 0 radical (unpaired) electrons. The van der Waals surface area contributed by atoms with Gasteiger partial charge in [-0.2, -0.15) is 0 Å². The molecule has 5 nitrogen and oxygen atoms in total. The van der Waals surface area contributed by atoms with Crippen LogP contribution in [0.15, 0.2) is 48.5 Å². The molecular weight excluding hydrogens is 378 g/mol. The van der Waals surface area contributed by atoms with Crippen molar-refractivity contribution in [1.29, 1.82) is 0 Å². The molecule has 1 heterocycles. The van der Waals surface area contributed by atoms with E-state index in [0.29, 0.717) is 41.2 Å². The van der Waals surface area contributed by atoms with Crippen molar-refractivity contribution >= 4 is 34.6 Å². The summed E-state index contributed by atoms with van der Waals surface area (Å²) in [6.45, 7) is 5.67. The molecule has 0 aliphatic carbocycles. The second-order valence-electron chi connectivity index (χ2n) is 7.27. The highest BCUT2D eigenvalue weighted by atomic mass is 16.5. The van der Waals surface area contributed by atoms with Crippen molar-refractivity contribution in [3.63, 3.8) is 0 Å². The summed E-state index contributed by atoms with van der Waals surface area (Å²) in [6.07, 6.45) is 3.34. The van der Waals surface area contributed by atoms with Crippen LogP contribution in [0, 0.1) is 0 Å². The number of Topliss-reactive ketones (excluding diaryl/α,β-unsaturated/α-hetero) is 1. The minimum atomic E-state index is -0.430. The number of carbonyl (C=O) groups excluding carboxylic acids is 3. The zero-order chi connectivity index (χ0) is 21.7. The molecule has 2 aromatic carbocycles. The molecule has 2 aromatic rings. The Morgan fingerprint density at radius 2 is 1.70 bits per heavy atom. The fourth-order valence-corrected chi connectivity index (χ4v) is 3.69. The van der Waals surface area contributed by atoms with Crippen molar-refractivity contribution in [3.8, 4) is 0 Å². The molecule has 156 valence electrons. The van der Waals surface area contributed by atoms with E-state index in [0.717, 1.165) is 29.7 Å². The summed E-state index contributed by atoms with van der Waals surface area (Å²) in [5.41, 5.74) is 2.66. The Morgan fingerprint density at radius 3 is 2.33 bits per heavy atom. The molecular formula is C25H27NO4. The predicted octanol–water partition coefficient (Wildman–Crippen LogP) is 5.25. The minimum absolute atomic E-state index is 0.0389. The number of fused-ring (bicyclic) bond motifs is 1. The van der Waals surface area contributed by atoms with Gasteiger partial charge in [-0.05, 0) is 31.5 Å². The first kappa shape index (κ1) is 21.5. The standard InChI is InChI=1S/C25H27NO4/c1-4-6-8-13-22(28)19-14-15-21-20(16-19)23(25(29)26(21)17(3)27)24(30-5-2)18-11-9-7-10-12-18/h7,9-12,14-16H,4-6,8,13H2,1-3H3. The third-order valence-corrected chi connectivity index (χ3v) is 5.12. The number of ether oxygens (including phenoxy) is 1. The number of nitrogens with zero attached hydrogens (tertiary/aromatic N) is 1. The lowest BCUT2D eigenvalue weighted by Gasteiger charge is -2.13. The molecule has 0 bridgehead atoms. The number of amides is 2. The van der Waals surface area contributed by atoms with E-state index in [1.807, 2.05) is 37.3 Å². The summed E-state index contributed by atoms with van der Waals surface area (Å²) in [7, 11) is 0. The zero-order valence-electron chi connectivity index (χ0n) is 17.7. The first-order chi connectivity index (χ1) is 14.5. The summed E-state index contributed by atoms with van der Waals surface area (Å²) in [4.78, 5) is 39.3. The van der Waals surface area contributed by atoms with Crippen LogP contribution in [0.3, 0.4) is 0 Å². The van der Waals surface area contributed by atoms with E-state index >= 15 is 0 Å². The number of rotatable bonds is 8. The molecule has 1 aliphatic heterocycles. The van der Waals surface area contributed by atoms with Crippen LogP contribution in [0.5, 0.6) is 0 Å². The Balaban J connectivity index is 2.16. The quantitative estimate of drug-likeness (QED) is 0.260.